The molecule has 0 bridgehead atoms. The van der Waals surface area contributed by atoms with E-state index in [-0.39, 0.29) is 11.7 Å². The average Bonchev–Trinajstić information content (AvgIpc) is 3.51. The number of halogens is 2. The maximum atomic E-state index is 12.7. The highest BCUT2D eigenvalue weighted by molar-refractivity contribution is 7.99. The van der Waals surface area contributed by atoms with Crippen LogP contribution in [-0.4, -0.2) is 31.4 Å². The van der Waals surface area contributed by atoms with E-state index in [1.54, 1.807) is 6.20 Å². The van der Waals surface area contributed by atoms with Gasteiger partial charge in [-0.05, 0) is 42.0 Å². The largest absolute Gasteiger partial charge is 0.301 e. The SMILES string of the molecule is O=C(CSc1nnc(-c2ccccc2Cl)n1-c1ccccc1)Nc1ncc(Cc2ccc(Cl)cc2)s1. The Balaban J connectivity index is 1.29. The van der Waals surface area contributed by atoms with Gasteiger partial charge in [-0.25, -0.2) is 4.98 Å². The first-order valence-corrected chi connectivity index (χ1v) is 13.5. The maximum absolute atomic E-state index is 12.7. The van der Waals surface area contributed by atoms with Crippen molar-refractivity contribution in [2.45, 2.75) is 11.6 Å². The molecule has 1 N–H and O–H groups in total. The van der Waals surface area contributed by atoms with Gasteiger partial charge in [-0.1, -0.05) is 77.4 Å². The lowest BCUT2D eigenvalue weighted by Crippen LogP contribution is -2.14. The van der Waals surface area contributed by atoms with Crippen molar-refractivity contribution in [1.29, 1.82) is 0 Å². The second-order valence-corrected chi connectivity index (χ2v) is 10.6. The number of thioether (sulfide) groups is 1. The molecule has 180 valence electrons. The molecule has 2 aromatic heterocycles. The number of carbonyl (C=O) groups excluding carboxylic acids is 1. The third-order valence-corrected chi connectivity index (χ3v) is 7.61. The van der Waals surface area contributed by atoms with E-state index in [0.29, 0.717) is 26.2 Å². The molecule has 0 fully saturated rings. The number of rotatable bonds is 8. The van der Waals surface area contributed by atoms with Gasteiger partial charge in [0.15, 0.2) is 16.1 Å². The summed E-state index contributed by atoms with van der Waals surface area (Å²) in [5.41, 5.74) is 2.78. The first kappa shape index (κ1) is 24.5. The molecule has 10 heteroatoms. The fourth-order valence-corrected chi connectivity index (χ4v) is 5.49. The van der Waals surface area contributed by atoms with Gasteiger partial charge in [0.1, 0.15) is 0 Å². The molecule has 5 rings (SSSR count). The molecule has 0 atom stereocenters. The van der Waals surface area contributed by atoms with E-state index < -0.39 is 0 Å². The molecule has 0 aliphatic carbocycles. The minimum atomic E-state index is -0.172. The summed E-state index contributed by atoms with van der Waals surface area (Å²) in [5, 5.41) is 14.1. The topological polar surface area (TPSA) is 72.7 Å². The normalized spacial score (nSPS) is 10.9. The second-order valence-electron chi connectivity index (χ2n) is 7.73. The summed E-state index contributed by atoms with van der Waals surface area (Å²) in [5.74, 6) is 0.593. The Morgan fingerprint density at radius 3 is 2.47 bits per heavy atom. The van der Waals surface area contributed by atoms with Crippen molar-refractivity contribution in [3.05, 3.63) is 106 Å². The highest BCUT2D eigenvalue weighted by Gasteiger charge is 2.19. The fourth-order valence-electron chi connectivity index (χ4n) is 3.53. The predicted octanol–water partition coefficient (Wildman–Crippen LogP) is 7.02. The maximum Gasteiger partial charge on any atom is 0.236 e. The standard InChI is InChI=1S/C26H19Cl2N5OS2/c27-18-12-10-17(11-13-18)14-20-15-29-25(36-20)30-23(34)16-35-26-32-31-24(21-8-4-5-9-22(21)28)33(26)19-6-2-1-3-7-19/h1-13,15H,14,16H2,(H,29,30,34). The Morgan fingerprint density at radius 1 is 0.944 bits per heavy atom. The van der Waals surface area contributed by atoms with Gasteiger partial charge >= 0.3 is 0 Å². The van der Waals surface area contributed by atoms with Crippen LogP contribution >= 0.6 is 46.3 Å². The van der Waals surface area contributed by atoms with Crippen LogP contribution in [-0.2, 0) is 11.2 Å². The Labute approximate surface area is 226 Å². The van der Waals surface area contributed by atoms with E-state index in [1.165, 1.54) is 23.1 Å². The number of hydrogen-bond acceptors (Lipinski definition) is 6. The minimum absolute atomic E-state index is 0.152. The monoisotopic (exact) mass is 551 g/mol. The number of nitrogens with one attached hydrogen (secondary N) is 1. The Morgan fingerprint density at radius 2 is 1.69 bits per heavy atom. The van der Waals surface area contributed by atoms with Gasteiger partial charge in [0.2, 0.25) is 5.91 Å². The van der Waals surface area contributed by atoms with Crippen molar-refractivity contribution < 1.29 is 4.79 Å². The average molecular weight is 553 g/mol. The molecule has 0 unspecified atom stereocenters. The van der Waals surface area contributed by atoms with E-state index in [1.807, 2.05) is 83.4 Å². The lowest BCUT2D eigenvalue weighted by atomic mass is 10.1. The number of anilines is 1. The number of nitrogens with zero attached hydrogens (tertiary/aromatic N) is 4. The molecule has 0 saturated carbocycles. The van der Waals surface area contributed by atoms with Crippen molar-refractivity contribution in [2.75, 3.05) is 11.1 Å². The van der Waals surface area contributed by atoms with Gasteiger partial charge < -0.3 is 5.32 Å². The van der Waals surface area contributed by atoms with Crippen LogP contribution in [0.1, 0.15) is 10.4 Å². The third-order valence-electron chi connectivity index (χ3n) is 5.19. The van der Waals surface area contributed by atoms with Gasteiger partial charge in [-0.2, -0.15) is 0 Å². The van der Waals surface area contributed by atoms with E-state index in [9.17, 15) is 4.79 Å². The van der Waals surface area contributed by atoms with Crippen LogP contribution in [0.5, 0.6) is 0 Å². The third kappa shape index (κ3) is 5.79. The predicted molar refractivity (Wildman–Crippen MR) is 148 cm³/mol. The van der Waals surface area contributed by atoms with E-state index in [2.05, 4.69) is 20.5 Å². The summed E-state index contributed by atoms with van der Waals surface area (Å²) in [6, 6.07) is 24.9. The van der Waals surface area contributed by atoms with Gasteiger partial charge in [0, 0.05) is 33.8 Å². The van der Waals surface area contributed by atoms with Crippen molar-refractivity contribution in [2.24, 2.45) is 0 Å². The van der Waals surface area contributed by atoms with Crippen molar-refractivity contribution in [3.8, 4) is 17.1 Å². The lowest BCUT2D eigenvalue weighted by Gasteiger charge is -2.11. The molecule has 6 nitrogen and oxygen atoms in total. The zero-order chi connectivity index (χ0) is 24.9. The number of amides is 1. The second kappa shape index (κ2) is 11.3. The quantitative estimate of drug-likeness (QED) is 0.210. The molecule has 1 amide bonds. The van der Waals surface area contributed by atoms with E-state index >= 15 is 0 Å². The number of aromatic nitrogens is 4. The molecule has 2 heterocycles. The van der Waals surface area contributed by atoms with E-state index in [0.717, 1.165) is 28.1 Å². The fraction of sp³-hybridized carbons (Fsp3) is 0.0769. The van der Waals surface area contributed by atoms with Crippen LogP contribution in [0, 0.1) is 0 Å². The zero-order valence-electron chi connectivity index (χ0n) is 18.8. The lowest BCUT2D eigenvalue weighted by molar-refractivity contribution is -0.113. The molecule has 0 aliphatic heterocycles. The molecular formula is C26H19Cl2N5OS2. The van der Waals surface area contributed by atoms with Crippen molar-refractivity contribution >= 4 is 57.3 Å². The zero-order valence-corrected chi connectivity index (χ0v) is 21.9. The minimum Gasteiger partial charge on any atom is -0.301 e. The summed E-state index contributed by atoms with van der Waals surface area (Å²) in [4.78, 5) is 18.1. The highest BCUT2D eigenvalue weighted by Crippen LogP contribution is 2.32. The first-order valence-electron chi connectivity index (χ1n) is 10.9. The van der Waals surface area contributed by atoms with Crippen LogP contribution in [0.15, 0.2) is 90.2 Å². The molecule has 5 aromatic rings. The van der Waals surface area contributed by atoms with Gasteiger partial charge in [0.25, 0.3) is 0 Å². The van der Waals surface area contributed by atoms with E-state index in [4.69, 9.17) is 23.2 Å². The summed E-state index contributed by atoms with van der Waals surface area (Å²) in [6.07, 6.45) is 2.51. The smallest absolute Gasteiger partial charge is 0.236 e. The van der Waals surface area contributed by atoms with Crippen LogP contribution < -0.4 is 5.32 Å². The molecule has 0 aliphatic rings. The summed E-state index contributed by atoms with van der Waals surface area (Å²) >= 11 is 15.2. The molecule has 0 saturated heterocycles. The summed E-state index contributed by atoms with van der Waals surface area (Å²) < 4.78 is 1.91. The number of carbonyl (C=O) groups is 1. The van der Waals surface area contributed by atoms with Crippen LogP contribution in [0.25, 0.3) is 17.1 Å². The molecular weight excluding hydrogens is 533 g/mol. The summed E-state index contributed by atoms with van der Waals surface area (Å²) in [6.45, 7) is 0. The van der Waals surface area contributed by atoms with Crippen molar-refractivity contribution in [3.63, 3.8) is 0 Å². The van der Waals surface area contributed by atoms with Crippen molar-refractivity contribution in [1.82, 2.24) is 19.7 Å². The van der Waals surface area contributed by atoms with Gasteiger partial charge in [0.05, 0.1) is 10.8 Å². The van der Waals surface area contributed by atoms with Crippen LogP contribution in [0.4, 0.5) is 5.13 Å². The Hall–Kier alpha value is -3.17. The molecule has 36 heavy (non-hydrogen) atoms. The van der Waals surface area contributed by atoms with Crippen LogP contribution in [0.2, 0.25) is 10.0 Å². The molecule has 3 aromatic carbocycles. The first-order chi connectivity index (χ1) is 17.6. The highest BCUT2D eigenvalue weighted by atomic mass is 35.5. The van der Waals surface area contributed by atoms with Gasteiger partial charge in [-0.15, -0.1) is 21.5 Å². The van der Waals surface area contributed by atoms with Crippen LogP contribution in [0.3, 0.4) is 0 Å². The van der Waals surface area contributed by atoms with Gasteiger partial charge in [-0.3, -0.25) is 9.36 Å². The molecule has 0 radical (unpaired) electrons. The number of hydrogen-bond donors (Lipinski definition) is 1. The number of para-hydroxylation sites is 1. The Bertz CT molecular complexity index is 1490. The summed E-state index contributed by atoms with van der Waals surface area (Å²) in [7, 11) is 0. The Kier molecular flexibility index (Phi) is 7.67. The number of benzene rings is 3. The number of thiazole rings is 1. The molecule has 0 spiro atoms.